The number of oxazole rings is 1. The van der Waals surface area contributed by atoms with E-state index in [0.717, 1.165) is 4.90 Å². The van der Waals surface area contributed by atoms with Gasteiger partial charge < -0.3 is 14.5 Å². The number of fused-ring (bicyclic) bond motifs is 1. The highest BCUT2D eigenvalue weighted by Gasteiger charge is 2.38. The molecule has 2 aromatic rings. The Kier molecular flexibility index (Phi) is 4.46. The molecule has 3 rings (SSSR count). The first kappa shape index (κ1) is 16.7. The number of benzene rings is 1. The first-order chi connectivity index (χ1) is 11.3. The van der Waals surface area contributed by atoms with Gasteiger partial charge in [0.05, 0.1) is 19.8 Å². The normalized spacial score (nSPS) is 19.6. The topological polar surface area (TPSA) is 67.6 Å². The van der Waals surface area contributed by atoms with Crippen molar-refractivity contribution >= 4 is 22.7 Å². The van der Waals surface area contributed by atoms with Gasteiger partial charge in [-0.15, -0.1) is 0 Å². The molecular weight excluding hydrogens is 327 g/mol. The number of alkyl halides is 3. The van der Waals surface area contributed by atoms with E-state index in [9.17, 15) is 18.0 Å². The zero-order valence-corrected chi connectivity index (χ0v) is 12.9. The minimum atomic E-state index is -4.37. The lowest BCUT2D eigenvalue weighted by atomic mass is 10.2. The van der Waals surface area contributed by atoms with Gasteiger partial charge in [0.25, 0.3) is 0 Å². The quantitative estimate of drug-likeness (QED) is 0.927. The molecule has 24 heavy (non-hydrogen) atoms. The van der Waals surface area contributed by atoms with Crippen LogP contribution >= 0.6 is 0 Å². The van der Waals surface area contributed by atoms with Gasteiger partial charge in [0.2, 0.25) is 5.91 Å². The van der Waals surface area contributed by atoms with Crippen molar-refractivity contribution in [3.8, 4) is 0 Å². The van der Waals surface area contributed by atoms with Crippen LogP contribution in [-0.4, -0.2) is 54.3 Å². The average Bonchev–Trinajstić information content (AvgIpc) is 2.85. The zero-order chi connectivity index (χ0) is 17.3. The molecule has 1 N–H and O–H groups in total. The summed E-state index contributed by atoms with van der Waals surface area (Å²) in [5.74, 6) is -0.0555. The van der Waals surface area contributed by atoms with Crippen molar-refractivity contribution in [1.82, 2.24) is 9.88 Å². The molecule has 1 fully saturated rings. The van der Waals surface area contributed by atoms with E-state index in [-0.39, 0.29) is 19.8 Å². The van der Waals surface area contributed by atoms with Gasteiger partial charge in [-0.3, -0.25) is 9.69 Å². The molecule has 130 valence electrons. The summed E-state index contributed by atoms with van der Waals surface area (Å²) >= 11 is 0. The first-order valence-electron chi connectivity index (χ1n) is 7.38. The number of ether oxygens (including phenoxy) is 1. The summed E-state index contributed by atoms with van der Waals surface area (Å²) in [6.45, 7) is 0.702. The number of carbonyl (C=O) groups is 1. The summed E-state index contributed by atoms with van der Waals surface area (Å²) in [6, 6.07) is 3.89. The zero-order valence-electron chi connectivity index (χ0n) is 12.9. The lowest BCUT2D eigenvalue weighted by Gasteiger charge is -2.34. The Hall–Kier alpha value is -2.13. The fourth-order valence-electron chi connectivity index (χ4n) is 2.64. The minimum Gasteiger partial charge on any atom is -0.441 e. The van der Waals surface area contributed by atoms with Crippen LogP contribution in [0.5, 0.6) is 0 Å². The lowest BCUT2D eigenvalue weighted by Crippen LogP contribution is -2.54. The Morgan fingerprint density at radius 2 is 2.25 bits per heavy atom. The molecule has 1 atom stereocenters. The number of aryl methyl sites for hydroxylation is 1. The third kappa shape index (κ3) is 3.85. The molecule has 2 heterocycles. The molecule has 0 saturated carbocycles. The molecule has 1 aliphatic rings. The van der Waals surface area contributed by atoms with Gasteiger partial charge >= 0.3 is 6.18 Å². The third-order valence-electron chi connectivity index (χ3n) is 3.69. The fraction of sp³-hybridized carbons (Fsp3) is 0.467. The van der Waals surface area contributed by atoms with Crippen molar-refractivity contribution in [2.45, 2.75) is 19.1 Å². The van der Waals surface area contributed by atoms with Crippen molar-refractivity contribution in [2.24, 2.45) is 0 Å². The Balaban J connectivity index is 1.73. The summed E-state index contributed by atoms with van der Waals surface area (Å²) in [5.41, 5.74) is 1.57. The molecular formula is C15H16F3N3O3. The van der Waals surface area contributed by atoms with Gasteiger partial charge in [-0.1, -0.05) is 0 Å². The number of nitrogens with one attached hydrogen (secondary N) is 1. The molecule has 1 aliphatic heterocycles. The molecule has 1 saturated heterocycles. The predicted molar refractivity (Wildman–Crippen MR) is 79.6 cm³/mol. The van der Waals surface area contributed by atoms with E-state index < -0.39 is 24.7 Å². The van der Waals surface area contributed by atoms with E-state index in [4.69, 9.17) is 9.15 Å². The number of hydrogen-bond acceptors (Lipinski definition) is 5. The largest absolute Gasteiger partial charge is 0.441 e. The molecule has 1 unspecified atom stereocenters. The second-order valence-corrected chi connectivity index (χ2v) is 5.58. The third-order valence-corrected chi connectivity index (χ3v) is 3.69. The van der Waals surface area contributed by atoms with Crippen LogP contribution < -0.4 is 5.32 Å². The maximum Gasteiger partial charge on any atom is 0.401 e. The van der Waals surface area contributed by atoms with Gasteiger partial charge in [-0.25, -0.2) is 4.98 Å². The molecule has 0 radical (unpaired) electrons. The van der Waals surface area contributed by atoms with Crippen molar-refractivity contribution in [1.29, 1.82) is 0 Å². The fourth-order valence-corrected chi connectivity index (χ4v) is 2.64. The number of carbonyl (C=O) groups excluding carboxylic acids is 1. The van der Waals surface area contributed by atoms with E-state index >= 15 is 0 Å². The summed E-state index contributed by atoms with van der Waals surface area (Å²) in [7, 11) is 0. The number of anilines is 1. The van der Waals surface area contributed by atoms with E-state index in [1.54, 1.807) is 25.1 Å². The maximum absolute atomic E-state index is 12.6. The Morgan fingerprint density at radius 1 is 1.46 bits per heavy atom. The number of morpholine rings is 1. The highest BCUT2D eigenvalue weighted by Crippen LogP contribution is 2.22. The standard InChI is InChI=1S/C15H16F3N3O3/c1-9-19-11-3-2-10(6-13(11)24-9)20-14(22)12-7-23-5-4-21(12)8-15(16,17)18/h2-3,6,12H,4-5,7-8H2,1H3,(H,20,22). The monoisotopic (exact) mass is 343 g/mol. The summed E-state index contributed by atoms with van der Waals surface area (Å²) in [4.78, 5) is 17.6. The van der Waals surface area contributed by atoms with E-state index in [0.29, 0.717) is 22.7 Å². The van der Waals surface area contributed by atoms with Crippen LogP contribution in [0.4, 0.5) is 18.9 Å². The van der Waals surface area contributed by atoms with Crippen LogP contribution in [0.15, 0.2) is 22.6 Å². The van der Waals surface area contributed by atoms with Crippen molar-refractivity contribution < 1.29 is 27.1 Å². The van der Waals surface area contributed by atoms with Gasteiger partial charge in [-0.2, -0.15) is 13.2 Å². The molecule has 0 bridgehead atoms. The highest BCUT2D eigenvalue weighted by molar-refractivity contribution is 5.96. The van der Waals surface area contributed by atoms with Crippen LogP contribution in [0.2, 0.25) is 0 Å². The second kappa shape index (κ2) is 6.40. The molecule has 1 amide bonds. The lowest BCUT2D eigenvalue weighted by molar-refractivity contribution is -0.165. The molecule has 0 aliphatic carbocycles. The Bertz CT molecular complexity index is 744. The second-order valence-electron chi connectivity index (χ2n) is 5.58. The van der Waals surface area contributed by atoms with Crippen molar-refractivity contribution in [3.05, 3.63) is 24.1 Å². The highest BCUT2D eigenvalue weighted by atomic mass is 19.4. The van der Waals surface area contributed by atoms with E-state index in [2.05, 4.69) is 10.3 Å². The van der Waals surface area contributed by atoms with Gasteiger partial charge in [0.15, 0.2) is 11.5 Å². The van der Waals surface area contributed by atoms with Gasteiger partial charge in [0.1, 0.15) is 11.6 Å². The average molecular weight is 343 g/mol. The Labute approximate surface area is 135 Å². The summed E-state index contributed by atoms with van der Waals surface area (Å²) < 4.78 is 48.5. The van der Waals surface area contributed by atoms with E-state index in [1.165, 1.54) is 0 Å². The molecule has 6 nitrogen and oxygen atoms in total. The maximum atomic E-state index is 12.6. The van der Waals surface area contributed by atoms with E-state index in [1.807, 2.05) is 0 Å². The number of aromatic nitrogens is 1. The number of nitrogens with zero attached hydrogens (tertiary/aromatic N) is 2. The number of hydrogen-bond donors (Lipinski definition) is 1. The van der Waals surface area contributed by atoms with Crippen LogP contribution in [0.25, 0.3) is 11.1 Å². The van der Waals surface area contributed by atoms with Crippen LogP contribution in [0.3, 0.4) is 0 Å². The van der Waals surface area contributed by atoms with Crippen molar-refractivity contribution in [2.75, 3.05) is 31.6 Å². The van der Waals surface area contributed by atoms with Crippen LogP contribution in [0, 0.1) is 6.92 Å². The minimum absolute atomic E-state index is 0.0535. The van der Waals surface area contributed by atoms with Gasteiger partial charge in [0, 0.05) is 25.2 Å². The Morgan fingerprint density at radius 3 is 3.00 bits per heavy atom. The molecule has 9 heteroatoms. The van der Waals surface area contributed by atoms with Crippen LogP contribution in [0.1, 0.15) is 5.89 Å². The SMILES string of the molecule is Cc1nc2ccc(NC(=O)C3COCCN3CC(F)(F)F)cc2o1. The summed E-state index contributed by atoms with van der Waals surface area (Å²) in [6.07, 6.45) is -4.37. The van der Waals surface area contributed by atoms with Gasteiger partial charge in [-0.05, 0) is 12.1 Å². The predicted octanol–water partition coefficient (Wildman–Crippen LogP) is 2.34. The molecule has 0 spiro atoms. The number of rotatable bonds is 3. The number of amides is 1. The molecule has 1 aromatic heterocycles. The molecule has 1 aromatic carbocycles. The van der Waals surface area contributed by atoms with Crippen molar-refractivity contribution in [3.63, 3.8) is 0 Å². The summed E-state index contributed by atoms with van der Waals surface area (Å²) in [5, 5.41) is 2.61. The first-order valence-corrected chi connectivity index (χ1v) is 7.38. The smallest absolute Gasteiger partial charge is 0.401 e. The number of halogens is 3. The van der Waals surface area contributed by atoms with Crippen LogP contribution in [-0.2, 0) is 9.53 Å².